The number of nitrogens with zero attached hydrogens (tertiary/aromatic N) is 3. The zero-order chi connectivity index (χ0) is 14.6. The van der Waals surface area contributed by atoms with Crippen molar-refractivity contribution >= 4 is 10.0 Å². The van der Waals surface area contributed by atoms with E-state index in [0.29, 0.717) is 19.0 Å². The smallest absolute Gasteiger partial charge is 0.211 e. The predicted molar refractivity (Wildman–Crippen MR) is 76.6 cm³/mol. The SMILES string of the molecule is CCNC(CC1CCCN(S(C)(=O)=O)C1)c1ncn[nH]1. The van der Waals surface area contributed by atoms with Gasteiger partial charge in [0.05, 0.1) is 12.3 Å². The van der Waals surface area contributed by atoms with E-state index >= 15 is 0 Å². The standard InChI is InChI=1S/C12H23N5O2S/c1-3-13-11(12-14-9-15-16-12)7-10-5-4-6-17(8-10)20(2,18)19/h9-11,13H,3-8H2,1-2H3,(H,14,15,16). The molecule has 0 spiro atoms. The summed E-state index contributed by atoms with van der Waals surface area (Å²) in [4.78, 5) is 4.21. The Balaban J connectivity index is 2.00. The molecule has 0 aromatic carbocycles. The molecule has 1 saturated heterocycles. The molecule has 0 aliphatic carbocycles. The molecule has 0 radical (unpaired) electrons. The molecule has 1 aromatic rings. The van der Waals surface area contributed by atoms with Crippen LogP contribution < -0.4 is 5.32 Å². The normalized spacial score (nSPS) is 22.8. The minimum atomic E-state index is -3.08. The van der Waals surface area contributed by atoms with Gasteiger partial charge in [0.2, 0.25) is 10.0 Å². The van der Waals surface area contributed by atoms with Crippen LogP contribution in [-0.2, 0) is 10.0 Å². The van der Waals surface area contributed by atoms with Gasteiger partial charge in [0.25, 0.3) is 0 Å². The topological polar surface area (TPSA) is 91.0 Å². The maximum atomic E-state index is 11.7. The number of aromatic amines is 1. The monoisotopic (exact) mass is 301 g/mol. The fourth-order valence-electron chi connectivity index (χ4n) is 2.77. The van der Waals surface area contributed by atoms with Crippen LogP contribution >= 0.6 is 0 Å². The fourth-order valence-corrected chi connectivity index (χ4v) is 3.72. The number of H-pyrrole nitrogens is 1. The summed E-state index contributed by atoms with van der Waals surface area (Å²) in [6.45, 7) is 4.14. The molecule has 7 nitrogen and oxygen atoms in total. The van der Waals surface area contributed by atoms with Crippen LogP contribution in [-0.4, -0.2) is 53.8 Å². The third kappa shape index (κ3) is 4.00. The second kappa shape index (κ2) is 6.64. The summed E-state index contributed by atoms with van der Waals surface area (Å²) in [5, 5.41) is 10.2. The van der Waals surface area contributed by atoms with Crippen molar-refractivity contribution in [3.8, 4) is 0 Å². The molecule has 2 atom stereocenters. The number of hydrogen-bond acceptors (Lipinski definition) is 5. The largest absolute Gasteiger partial charge is 0.308 e. The van der Waals surface area contributed by atoms with Crippen molar-refractivity contribution < 1.29 is 8.42 Å². The van der Waals surface area contributed by atoms with Crippen molar-refractivity contribution in [2.45, 2.75) is 32.2 Å². The number of piperidine rings is 1. The highest BCUT2D eigenvalue weighted by atomic mass is 32.2. The lowest BCUT2D eigenvalue weighted by molar-refractivity contribution is 0.236. The number of rotatable bonds is 6. The van der Waals surface area contributed by atoms with E-state index in [1.54, 1.807) is 4.31 Å². The van der Waals surface area contributed by atoms with E-state index in [-0.39, 0.29) is 6.04 Å². The van der Waals surface area contributed by atoms with Crippen LogP contribution in [0.15, 0.2) is 6.33 Å². The Morgan fingerprint density at radius 2 is 2.40 bits per heavy atom. The van der Waals surface area contributed by atoms with Gasteiger partial charge in [-0.2, -0.15) is 5.10 Å². The highest BCUT2D eigenvalue weighted by Crippen LogP contribution is 2.27. The van der Waals surface area contributed by atoms with Crippen LogP contribution in [0.4, 0.5) is 0 Å². The zero-order valence-corrected chi connectivity index (χ0v) is 12.9. The number of sulfonamides is 1. The molecule has 2 N–H and O–H groups in total. The quantitative estimate of drug-likeness (QED) is 0.799. The average molecular weight is 301 g/mol. The first-order chi connectivity index (χ1) is 9.50. The van der Waals surface area contributed by atoms with E-state index in [0.717, 1.165) is 31.6 Å². The van der Waals surface area contributed by atoms with Crippen LogP contribution in [0.3, 0.4) is 0 Å². The molecular formula is C12H23N5O2S. The summed E-state index contributed by atoms with van der Waals surface area (Å²) in [5.41, 5.74) is 0. The van der Waals surface area contributed by atoms with E-state index in [1.165, 1.54) is 12.6 Å². The van der Waals surface area contributed by atoms with Gasteiger partial charge in [0.15, 0.2) is 0 Å². The Labute approximate surface area is 120 Å². The number of nitrogens with one attached hydrogen (secondary N) is 2. The predicted octanol–water partition coefficient (Wildman–Crippen LogP) is 0.517. The summed E-state index contributed by atoms with van der Waals surface area (Å²) < 4.78 is 24.9. The molecular weight excluding hydrogens is 278 g/mol. The molecule has 1 aromatic heterocycles. The molecule has 1 aliphatic rings. The first kappa shape index (κ1) is 15.4. The van der Waals surface area contributed by atoms with Gasteiger partial charge in [-0.1, -0.05) is 6.92 Å². The molecule has 114 valence electrons. The minimum absolute atomic E-state index is 0.104. The summed E-state index contributed by atoms with van der Waals surface area (Å²) in [6, 6.07) is 0.104. The molecule has 2 heterocycles. The van der Waals surface area contributed by atoms with E-state index in [2.05, 4.69) is 20.5 Å². The molecule has 20 heavy (non-hydrogen) atoms. The Kier molecular flexibility index (Phi) is 5.11. The highest BCUT2D eigenvalue weighted by Gasteiger charge is 2.28. The van der Waals surface area contributed by atoms with Gasteiger partial charge in [-0.05, 0) is 31.7 Å². The Morgan fingerprint density at radius 1 is 1.60 bits per heavy atom. The lowest BCUT2D eigenvalue weighted by Gasteiger charge is -2.32. The van der Waals surface area contributed by atoms with Gasteiger partial charge in [-0.15, -0.1) is 0 Å². The molecule has 0 amide bonds. The van der Waals surface area contributed by atoms with Gasteiger partial charge >= 0.3 is 0 Å². The summed E-state index contributed by atoms with van der Waals surface area (Å²) >= 11 is 0. The van der Waals surface area contributed by atoms with Crippen molar-refractivity contribution in [2.75, 3.05) is 25.9 Å². The Morgan fingerprint density at radius 3 is 3.00 bits per heavy atom. The summed E-state index contributed by atoms with van der Waals surface area (Å²) in [5.74, 6) is 1.18. The highest BCUT2D eigenvalue weighted by molar-refractivity contribution is 7.88. The second-order valence-electron chi connectivity index (χ2n) is 5.35. The molecule has 0 bridgehead atoms. The zero-order valence-electron chi connectivity index (χ0n) is 12.0. The van der Waals surface area contributed by atoms with Gasteiger partial charge < -0.3 is 5.32 Å². The third-order valence-corrected chi connectivity index (χ3v) is 5.00. The van der Waals surface area contributed by atoms with Crippen LogP contribution in [0.2, 0.25) is 0 Å². The van der Waals surface area contributed by atoms with Crippen LogP contribution in [0.1, 0.15) is 38.1 Å². The van der Waals surface area contributed by atoms with Crippen molar-refractivity contribution in [1.29, 1.82) is 0 Å². The lowest BCUT2D eigenvalue weighted by atomic mass is 9.92. The molecule has 2 rings (SSSR count). The maximum absolute atomic E-state index is 11.7. The van der Waals surface area contributed by atoms with E-state index in [1.807, 2.05) is 6.92 Å². The maximum Gasteiger partial charge on any atom is 0.211 e. The van der Waals surface area contributed by atoms with Crippen LogP contribution in [0.25, 0.3) is 0 Å². The Hall–Kier alpha value is -0.990. The van der Waals surface area contributed by atoms with Crippen molar-refractivity contribution in [3.05, 3.63) is 12.2 Å². The van der Waals surface area contributed by atoms with E-state index in [9.17, 15) is 8.42 Å². The molecule has 0 saturated carbocycles. The molecule has 2 unspecified atom stereocenters. The fraction of sp³-hybridized carbons (Fsp3) is 0.833. The van der Waals surface area contributed by atoms with Crippen molar-refractivity contribution in [2.24, 2.45) is 5.92 Å². The summed E-state index contributed by atoms with van der Waals surface area (Å²) in [6.07, 6.45) is 5.64. The lowest BCUT2D eigenvalue weighted by Crippen LogP contribution is -2.40. The number of aromatic nitrogens is 3. The average Bonchev–Trinajstić information content (AvgIpc) is 2.91. The van der Waals surface area contributed by atoms with Crippen LogP contribution in [0, 0.1) is 5.92 Å². The molecule has 8 heteroatoms. The van der Waals surface area contributed by atoms with Crippen molar-refractivity contribution in [3.63, 3.8) is 0 Å². The molecule has 1 fully saturated rings. The minimum Gasteiger partial charge on any atom is -0.308 e. The van der Waals surface area contributed by atoms with Gasteiger partial charge in [-0.25, -0.2) is 17.7 Å². The van der Waals surface area contributed by atoms with Crippen molar-refractivity contribution in [1.82, 2.24) is 24.8 Å². The van der Waals surface area contributed by atoms with Gasteiger partial charge in [0, 0.05) is 13.1 Å². The summed E-state index contributed by atoms with van der Waals surface area (Å²) in [7, 11) is -3.08. The van der Waals surface area contributed by atoms with Gasteiger partial charge in [-0.3, -0.25) is 5.10 Å². The van der Waals surface area contributed by atoms with E-state index in [4.69, 9.17) is 0 Å². The van der Waals surface area contributed by atoms with E-state index < -0.39 is 10.0 Å². The van der Waals surface area contributed by atoms with Crippen LogP contribution in [0.5, 0.6) is 0 Å². The first-order valence-corrected chi connectivity index (χ1v) is 8.89. The van der Waals surface area contributed by atoms with Gasteiger partial charge in [0.1, 0.15) is 12.2 Å². The third-order valence-electron chi connectivity index (χ3n) is 3.73. The second-order valence-corrected chi connectivity index (χ2v) is 7.33. The Bertz CT molecular complexity index is 502. The number of hydrogen-bond donors (Lipinski definition) is 2. The first-order valence-electron chi connectivity index (χ1n) is 7.04. The molecule has 1 aliphatic heterocycles.